The third kappa shape index (κ3) is 2.65. The number of aromatic nitrogens is 2. The maximum absolute atomic E-state index is 5.86. The SMILES string of the molecule is CNc1cc(N(C)c2ccc(Cl)cc2)ncn1. The molecule has 0 unspecified atom stereocenters. The second-order valence-electron chi connectivity index (χ2n) is 3.55. The molecule has 0 spiro atoms. The Morgan fingerprint density at radius 3 is 2.53 bits per heavy atom. The lowest BCUT2D eigenvalue weighted by Gasteiger charge is -2.18. The molecule has 0 atom stereocenters. The zero-order chi connectivity index (χ0) is 12.3. The van der Waals surface area contributed by atoms with Crippen LogP contribution in [0.1, 0.15) is 0 Å². The molecular weight excluding hydrogens is 236 g/mol. The summed E-state index contributed by atoms with van der Waals surface area (Å²) in [6.07, 6.45) is 1.54. The molecule has 0 aliphatic heterocycles. The van der Waals surface area contributed by atoms with Crippen LogP contribution in [0.3, 0.4) is 0 Å². The Morgan fingerprint density at radius 2 is 1.88 bits per heavy atom. The van der Waals surface area contributed by atoms with Crippen molar-refractivity contribution in [2.45, 2.75) is 0 Å². The van der Waals surface area contributed by atoms with Crippen LogP contribution in [0.5, 0.6) is 0 Å². The van der Waals surface area contributed by atoms with Crippen molar-refractivity contribution in [1.29, 1.82) is 0 Å². The first kappa shape index (κ1) is 11.7. The van der Waals surface area contributed by atoms with Crippen LogP contribution in [0.25, 0.3) is 0 Å². The number of anilines is 3. The standard InChI is InChI=1S/C12H13ClN4/c1-14-11-7-12(16-8-15-11)17(2)10-5-3-9(13)4-6-10/h3-8H,1-2H3,(H,14,15,16). The van der Waals surface area contributed by atoms with Crippen molar-refractivity contribution in [2.75, 3.05) is 24.3 Å². The second kappa shape index (κ2) is 5.01. The third-order valence-corrected chi connectivity index (χ3v) is 2.72. The Hall–Kier alpha value is -1.81. The van der Waals surface area contributed by atoms with Crippen LogP contribution in [0.4, 0.5) is 17.3 Å². The van der Waals surface area contributed by atoms with Crippen LogP contribution >= 0.6 is 11.6 Å². The van der Waals surface area contributed by atoms with Gasteiger partial charge in [-0.25, -0.2) is 9.97 Å². The molecule has 0 saturated carbocycles. The molecule has 88 valence electrons. The van der Waals surface area contributed by atoms with Crippen molar-refractivity contribution in [2.24, 2.45) is 0 Å². The van der Waals surface area contributed by atoms with Crippen molar-refractivity contribution < 1.29 is 0 Å². The number of hydrogen-bond acceptors (Lipinski definition) is 4. The van der Waals surface area contributed by atoms with Crippen molar-refractivity contribution in [3.8, 4) is 0 Å². The van der Waals surface area contributed by atoms with Crippen molar-refractivity contribution >= 4 is 28.9 Å². The highest BCUT2D eigenvalue weighted by Gasteiger charge is 2.06. The van der Waals surface area contributed by atoms with E-state index < -0.39 is 0 Å². The van der Waals surface area contributed by atoms with Gasteiger partial charge in [-0.15, -0.1) is 0 Å². The van der Waals surface area contributed by atoms with Gasteiger partial charge in [-0.2, -0.15) is 0 Å². The smallest absolute Gasteiger partial charge is 0.138 e. The minimum absolute atomic E-state index is 0.723. The Balaban J connectivity index is 2.29. The first-order chi connectivity index (χ1) is 8.20. The fourth-order valence-electron chi connectivity index (χ4n) is 1.46. The van der Waals surface area contributed by atoms with Gasteiger partial charge in [0.2, 0.25) is 0 Å². The first-order valence-corrected chi connectivity index (χ1v) is 5.57. The molecule has 1 heterocycles. The van der Waals surface area contributed by atoms with E-state index in [1.165, 1.54) is 6.33 Å². The molecule has 0 aliphatic carbocycles. The molecule has 1 aromatic heterocycles. The Morgan fingerprint density at radius 1 is 1.18 bits per heavy atom. The van der Waals surface area contributed by atoms with Gasteiger partial charge >= 0.3 is 0 Å². The number of nitrogens with zero attached hydrogens (tertiary/aromatic N) is 3. The highest BCUT2D eigenvalue weighted by Crippen LogP contribution is 2.23. The van der Waals surface area contributed by atoms with Crippen LogP contribution in [0.2, 0.25) is 5.02 Å². The van der Waals surface area contributed by atoms with Gasteiger partial charge in [0.15, 0.2) is 0 Å². The van der Waals surface area contributed by atoms with Gasteiger partial charge in [0.25, 0.3) is 0 Å². The first-order valence-electron chi connectivity index (χ1n) is 5.20. The summed E-state index contributed by atoms with van der Waals surface area (Å²) in [6, 6.07) is 9.49. The molecule has 0 amide bonds. The maximum Gasteiger partial charge on any atom is 0.138 e. The highest BCUT2D eigenvalue weighted by atomic mass is 35.5. The summed E-state index contributed by atoms with van der Waals surface area (Å²) in [6.45, 7) is 0. The summed E-state index contributed by atoms with van der Waals surface area (Å²) in [5, 5.41) is 3.71. The van der Waals surface area contributed by atoms with Crippen molar-refractivity contribution in [3.63, 3.8) is 0 Å². The minimum Gasteiger partial charge on any atom is -0.373 e. The van der Waals surface area contributed by atoms with E-state index in [2.05, 4.69) is 15.3 Å². The van der Waals surface area contributed by atoms with E-state index in [0.29, 0.717) is 0 Å². The Bertz CT molecular complexity index is 498. The zero-order valence-corrected chi connectivity index (χ0v) is 10.4. The molecule has 0 bridgehead atoms. The molecule has 5 heteroatoms. The molecule has 2 rings (SSSR count). The predicted molar refractivity (Wildman–Crippen MR) is 71.1 cm³/mol. The van der Waals surface area contributed by atoms with E-state index in [4.69, 9.17) is 11.6 Å². The van der Waals surface area contributed by atoms with Crippen LogP contribution < -0.4 is 10.2 Å². The lowest BCUT2D eigenvalue weighted by molar-refractivity contribution is 1.08. The number of benzene rings is 1. The maximum atomic E-state index is 5.86. The molecule has 0 radical (unpaired) electrons. The monoisotopic (exact) mass is 248 g/mol. The third-order valence-electron chi connectivity index (χ3n) is 2.47. The van der Waals surface area contributed by atoms with Gasteiger partial charge in [0.05, 0.1) is 0 Å². The quantitative estimate of drug-likeness (QED) is 0.907. The fourth-order valence-corrected chi connectivity index (χ4v) is 1.59. The largest absolute Gasteiger partial charge is 0.373 e. The average molecular weight is 249 g/mol. The van der Waals surface area contributed by atoms with Gasteiger partial charge in [0.1, 0.15) is 18.0 Å². The molecule has 17 heavy (non-hydrogen) atoms. The van der Waals surface area contributed by atoms with Crippen LogP contribution in [-0.2, 0) is 0 Å². The van der Waals surface area contributed by atoms with E-state index in [0.717, 1.165) is 22.3 Å². The molecule has 0 fully saturated rings. The van der Waals surface area contributed by atoms with Gasteiger partial charge in [-0.1, -0.05) is 11.6 Å². The Kier molecular flexibility index (Phi) is 3.44. The predicted octanol–water partition coefficient (Wildman–Crippen LogP) is 2.94. The topological polar surface area (TPSA) is 41.0 Å². The summed E-state index contributed by atoms with van der Waals surface area (Å²) in [7, 11) is 3.78. The van der Waals surface area contributed by atoms with Crippen molar-refractivity contribution in [1.82, 2.24) is 9.97 Å². The van der Waals surface area contributed by atoms with Crippen LogP contribution in [0.15, 0.2) is 36.7 Å². The van der Waals surface area contributed by atoms with Crippen LogP contribution in [-0.4, -0.2) is 24.1 Å². The summed E-state index contributed by atoms with van der Waals surface area (Å²) >= 11 is 5.86. The minimum atomic E-state index is 0.723. The normalized spacial score (nSPS) is 10.1. The molecule has 2 aromatic rings. The summed E-state index contributed by atoms with van der Waals surface area (Å²) < 4.78 is 0. The van der Waals surface area contributed by atoms with E-state index >= 15 is 0 Å². The molecular formula is C12H13ClN4. The fraction of sp³-hybridized carbons (Fsp3) is 0.167. The molecule has 4 nitrogen and oxygen atoms in total. The molecule has 0 aliphatic rings. The zero-order valence-electron chi connectivity index (χ0n) is 9.68. The van der Waals surface area contributed by atoms with Gasteiger partial charge in [-0.05, 0) is 24.3 Å². The van der Waals surface area contributed by atoms with E-state index in [9.17, 15) is 0 Å². The molecule has 1 aromatic carbocycles. The number of rotatable bonds is 3. The number of nitrogens with one attached hydrogen (secondary N) is 1. The van der Waals surface area contributed by atoms with E-state index in [1.807, 2.05) is 49.3 Å². The number of halogens is 1. The van der Waals surface area contributed by atoms with Gasteiger partial charge < -0.3 is 10.2 Å². The summed E-state index contributed by atoms with van der Waals surface area (Å²) in [5.41, 5.74) is 1.02. The second-order valence-corrected chi connectivity index (χ2v) is 3.98. The van der Waals surface area contributed by atoms with Crippen LogP contribution in [0, 0.1) is 0 Å². The summed E-state index contributed by atoms with van der Waals surface area (Å²) in [5.74, 6) is 1.61. The molecule has 0 saturated heterocycles. The lowest BCUT2D eigenvalue weighted by Crippen LogP contribution is -2.11. The lowest BCUT2D eigenvalue weighted by atomic mass is 10.3. The average Bonchev–Trinajstić information content (AvgIpc) is 2.39. The van der Waals surface area contributed by atoms with E-state index in [-0.39, 0.29) is 0 Å². The summed E-state index contributed by atoms with van der Waals surface area (Å²) in [4.78, 5) is 10.3. The molecule has 1 N–H and O–H groups in total. The highest BCUT2D eigenvalue weighted by molar-refractivity contribution is 6.30. The van der Waals surface area contributed by atoms with Gasteiger partial charge in [-0.3, -0.25) is 0 Å². The van der Waals surface area contributed by atoms with Crippen molar-refractivity contribution in [3.05, 3.63) is 41.7 Å². The number of hydrogen-bond donors (Lipinski definition) is 1. The van der Waals surface area contributed by atoms with E-state index in [1.54, 1.807) is 0 Å². The van der Waals surface area contributed by atoms with Gasteiger partial charge in [0, 0.05) is 30.9 Å². The Labute approximate surface area is 105 Å².